The van der Waals surface area contributed by atoms with Gasteiger partial charge < -0.3 is 10.0 Å². The van der Waals surface area contributed by atoms with E-state index in [4.69, 9.17) is 5.11 Å². The zero-order valence-corrected chi connectivity index (χ0v) is 10.1. The first kappa shape index (κ1) is 11.5. The van der Waals surface area contributed by atoms with Crippen LogP contribution in [0.15, 0.2) is 22.7 Å². The smallest absolute Gasteiger partial charge is 0.227 e. The van der Waals surface area contributed by atoms with E-state index in [0.29, 0.717) is 23.1 Å². The Morgan fingerprint density at radius 3 is 2.81 bits per heavy atom. The van der Waals surface area contributed by atoms with Gasteiger partial charge in [-0.05, 0) is 18.2 Å². The normalized spacial score (nSPS) is 20.6. The summed E-state index contributed by atoms with van der Waals surface area (Å²) in [6.45, 7) is 0.434. The molecule has 1 atom stereocenters. The lowest BCUT2D eigenvalue weighted by Crippen LogP contribution is -2.24. The number of aliphatic hydroxyl groups excluding tert-OH is 1. The lowest BCUT2D eigenvalue weighted by molar-refractivity contribution is -0.117. The highest BCUT2D eigenvalue weighted by Crippen LogP contribution is 2.28. The Hall–Kier alpha value is -0.940. The van der Waals surface area contributed by atoms with Gasteiger partial charge >= 0.3 is 0 Å². The van der Waals surface area contributed by atoms with E-state index >= 15 is 0 Å². The van der Waals surface area contributed by atoms with E-state index in [-0.39, 0.29) is 24.2 Å². The number of carbonyl (C=O) groups is 1. The zero-order valence-electron chi connectivity index (χ0n) is 8.49. The molecule has 1 aliphatic heterocycles. The van der Waals surface area contributed by atoms with Crippen LogP contribution >= 0.6 is 15.9 Å². The Morgan fingerprint density at radius 1 is 1.50 bits per heavy atom. The SMILES string of the molecule is O=C1CC(CO)CN1c1cc(F)cc(Br)c1. The van der Waals surface area contributed by atoms with Crippen LogP contribution in [-0.2, 0) is 4.79 Å². The molecule has 0 aromatic heterocycles. The number of rotatable bonds is 2. The van der Waals surface area contributed by atoms with Gasteiger partial charge in [-0.3, -0.25) is 4.79 Å². The van der Waals surface area contributed by atoms with Crippen molar-refractivity contribution in [1.29, 1.82) is 0 Å². The Labute approximate surface area is 101 Å². The first-order chi connectivity index (χ1) is 7.60. The third kappa shape index (κ3) is 2.25. The standard InChI is InChI=1S/C11H11BrFNO2/c12-8-2-9(13)4-10(3-8)14-5-7(6-15)1-11(14)16/h2-4,7,15H,1,5-6H2. The molecule has 1 aromatic rings. The van der Waals surface area contributed by atoms with Crippen molar-refractivity contribution < 1.29 is 14.3 Å². The first-order valence-electron chi connectivity index (χ1n) is 4.97. The van der Waals surface area contributed by atoms with Gasteiger partial charge in [-0.1, -0.05) is 15.9 Å². The summed E-state index contributed by atoms with van der Waals surface area (Å²) in [6.07, 6.45) is 0.324. The summed E-state index contributed by atoms with van der Waals surface area (Å²) in [5, 5.41) is 9.00. The second-order valence-electron chi connectivity index (χ2n) is 3.88. The predicted molar refractivity (Wildman–Crippen MR) is 61.6 cm³/mol. The van der Waals surface area contributed by atoms with Crippen LogP contribution in [0.1, 0.15) is 6.42 Å². The fourth-order valence-corrected chi connectivity index (χ4v) is 2.30. The monoisotopic (exact) mass is 287 g/mol. The van der Waals surface area contributed by atoms with Gasteiger partial charge in [-0.25, -0.2) is 4.39 Å². The third-order valence-electron chi connectivity index (χ3n) is 2.62. The number of amides is 1. The molecule has 1 saturated heterocycles. The fourth-order valence-electron chi connectivity index (χ4n) is 1.85. The van der Waals surface area contributed by atoms with Crippen molar-refractivity contribution in [3.63, 3.8) is 0 Å². The lowest BCUT2D eigenvalue weighted by atomic mass is 10.1. The second-order valence-corrected chi connectivity index (χ2v) is 4.80. The van der Waals surface area contributed by atoms with E-state index in [2.05, 4.69) is 15.9 Å². The van der Waals surface area contributed by atoms with Crippen molar-refractivity contribution in [3.05, 3.63) is 28.5 Å². The topological polar surface area (TPSA) is 40.5 Å². The molecule has 1 aliphatic rings. The average Bonchev–Trinajstić information content (AvgIpc) is 2.58. The van der Waals surface area contributed by atoms with Gasteiger partial charge in [0.2, 0.25) is 5.91 Å². The van der Waals surface area contributed by atoms with Gasteiger partial charge in [0, 0.05) is 35.7 Å². The van der Waals surface area contributed by atoms with Gasteiger partial charge in [-0.15, -0.1) is 0 Å². The molecule has 0 radical (unpaired) electrons. The summed E-state index contributed by atoms with van der Waals surface area (Å²) >= 11 is 3.18. The molecule has 5 heteroatoms. The van der Waals surface area contributed by atoms with Crippen LogP contribution < -0.4 is 4.90 Å². The molecule has 1 unspecified atom stereocenters. The Morgan fingerprint density at radius 2 is 2.25 bits per heavy atom. The van der Waals surface area contributed by atoms with Crippen molar-refractivity contribution in [2.75, 3.05) is 18.1 Å². The molecule has 0 spiro atoms. The number of hydrogen-bond donors (Lipinski definition) is 1. The molecule has 1 heterocycles. The summed E-state index contributed by atoms with van der Waals surface area (Å²) < 4.78 is 13.8. The first-order valence-corrected chi connectivity index (χ1v) is 5.77. The highest BCUT2D eigenvalue weighted by Gasteiger charge is 2.30. The van der Waals surface area contributed by atoms with Crippen molar-refractivity contribution in [3.8, 4) is 0 Å². The highest BCUT2D eigenvalue weighted by molar-refractivity contribution is 9.10. The average molecular weight is 288 g/mol. The third-order valence-corrected chi connectivity index (χ3v) is 3.08. The van der Waals surface area contributed by atoms with E-state index in [1.165, 1.54) is 17.0 Å². The number of carbonyl (C=O) groups excluding carboxylic acids is 1. The number of aliphatic hydroxyl groups is 1. The van der Waals surface area contributed by atoms with E-state index in [0.717, 1.165) is 0 Å². The summed E-state index contributed by atoms with van der Waals surface area (Å²) in [7, 11) is 0. The van der Waals surface area contributed by atoms with Crippen LogP contribution in [-0.4, -0.2) is 24.2 Å². The van der Waals surface area contributed by atoms with Crippen LogP contribution in [0.3, 0.4) is 0 Å². The van der Waals surface area contributed by atoms with E-state index < -0.39 is 0 Å². The summed E-state index contributed by atoms with van der Waals surface area (Å²) in [5.74, 6) is -0.504. The van der Waals surface area contributed by atoms with Gasteiger partial charge in [0.05, 0.1) is 0 Å². The molecule has 0 saturated carbocycles. The molecule has 0 bridgehead atoms. The van der Waals surface area contributed by atoms with Crippen molar-refractivity contribution in [1.82, 2.24) is 0 Å². The maximum Gasteiger partial charge on any atom is 0.227 e. The van der Waals surface area contributed by atoms with Crippen LogP contribution in [0, 0.1) is 11.7 Å². The molecule has 1 fully saturated rings. The van der Waals surface area contributed by atoms with E-state index in [1.807, 2.05) is 0 Å². The van der Waals surface area contributed by atoms with Gasteiger partial charge in [-0.2, -0.15) is 0 Å². The van der Waals surface area contributed by atoms with Crippen LogP contribution in [0.2, 0.25) is 0 Å². The summed E-state index contributed by atoms with van der Waals surface area (Å²) in [6, 6.07) is 4.36. The van der Waals surface area contributed by atoms with Crippen LogP contribution in [0.4, 0.5) is 10.1 Å². The number of benzene rings is 1. The minimum Gasteiger partial charge on any atom is -0.396 e. The minimum atomic E-state index is -0.385. The summed E-state index contributed by atoms with van der Waals surface area (Å²) in [4.78, 5) is 13.2. The van der Waals surface area contributed by atoms with Gasteiger partial charge in [0.15, 0.2) is 0 Å². The van der Waals surface area contributed by atoms with Gasteiger partial charge in [0.1, 0.15) is 5.82 Å². The molecular weight excluding hydrogens is 277 g/mol. The molecule has 3 nitrogen and oxygen atoms in total. The molecule has 1 aromatic carbocycles. The molecule has 1 amide bonds. The van der Waals surface area contributed by atoms with E-state index in [9.17, 15) is 9.18 Å². The van der Waals surface area contributed by atoms with Crippen LogP contribution in [0.5, 0.6) is 0 Å². The molecule has 16 heavy (non-hydrogen) atoms. The number of halogens is 2. The number of anilines is 1. The Balaban J connectivity index is 2.27. The maximum absolute atomic E-state index is 13.2. The predicted octanol–water partition coefficient (Wildman–Crippen LogP) is 1.93. The molecular formula is C11H11BrFNO2. The molecule has 0 aliphatic carbocycles. The van der Waals surface area contributed by atoms with Gasteiger partial charge in [0.25, 0.3) is 0 Å². The molecule has 86 valence electrons. The quantitative estimate of drug-likeness (QED) is 0.903. The molecule has 1 N–H and O–H groups in total. The van der Waals surface area contributed by atoms with Crippen LogP contribution in [0.25, 0.3) is 0 Å². The molecule has 2 rings (SSSR count). The van der Waals surface area contributed by atoms with Crippen molar-refractivity contribution in [2.24, 2.45) is 5.92 Å². The maximum atomic E-state index is 13.2. The summed E-state index contributed by atoms with van der Waals surface area (Å²) in [5.41, 5.74) is 0.535. The Bertz CT molecular complexity index is 404. The second kappa shape index (κ2) is 4.51. The lowest BCUT2D eigenvalue weighted by Gasteiger charge is -2.16. The fraction of sp³-hybridized carbons (Fsp3) is 0.364. The largest absolute Gasteiger partial charge is 0.396 e. The van der Waals surface area contributed by atoms with Crippen molar-refractivity contribution >= 4 is 27.5 Å². The Kier molecular flexibility index (Phi) is 3.25. The number of nitrogens with zero attached hydrogens (tertiary/aromatic N) is 1. The zero-order chi connectivity index (χ0) is 11.7. The minimum absolute atomic E-state index is 0.0152. The van der Waals surface area contributed by atoms with Crippen molar-refractivity contribution in [2.45, 2.75) is 6.42 Å². The van der Waals surface area contributed by atoms with E-state index in [1.54, 1.807) is 6.07 Å². The highest BCUT2D eigenvalue weighted by atomic mass is 79.9. The number of hydrogen-bond acceptors (Lipinski definition) is 2.